The molecule has 0 bridgehead atoms. The van der Waals surface area contributed by atoms with Gasteiger partial charge in [-0.15, -0.1) is 0 Å². The predicted molar refractivity (Wildman–Crippen MR) is 122 cm³/mol. The van der Waals surface area contributed by atoms with Crippen molar-refractivity contribution < 1.29 is 8.42 Å². The number of hydrogen-bond donors (Lipinski definition) is 0. The first kappa shape index (κ1) is 21.7. The Morgan fingerprint density at radius 2 is 1.84 bits per heavy atom. The van der Waals surface area contributed by atoms with Crippen LogP contribution in [0.5, 0.6) is 0 Å². The number of benzene rings is 1. The summed E-state index contributed by atoms with van der Waals surface area (Å²) in [6.45, 7) is 2.41. The van der Waals surface area contributed by atoms with Gasteiger partial charge in [0, 0.05) is 49.8 Å². The largest absolute Gasteiger partial charge is 0.347 e. The van der Waals surface area contributed by atoms with Crippen molar-refractivity contribution in [3.8, 4) is 11.1 Å². The Hall–Kier alpha value is -2.55. The standard InChI is InChI=1S/C22H24ClN5O2S/c1-15-13-24-11-10-18(15)19-14-25-22(27(2)3)26-21(19)20-5-4-12-28(20)31(29,30)17-8-6-16(23)7-9-17/h6-11,13-14,20H,4-5,12H2,1-3H3. The van der Waals surface area contributed by atoms with Crippen molar-refractivity contribution in [3.05, 3.63) is 65.2 Å². The molecule has 0 aliphatic carbocycles. The van der Waals surface area contributed by atoms with Gasteiger partial charge in [0.05, 0.1) is 16.6 Å². The minimum absolute atomic E-state index is 0.229. The van der Waals surface area contributed by atoms with Crippen LogP contribution in [0.25, 0.3) is 11.1 Å². The molecule has 1 saturated heterocycles. The lowest BCUT2D eigenvalue weighted by Gasteiger charge is -2.26. The summed E-state index contributed by atoms with van der Waals surface area (Å²) in [5.41, 5.74) is 3.47. The van der Waals surface area contributed by atoms with Crippen molar-refractivity contribution in [2.24, 2.45) is 0 Å². The van der Waals surface area contributed by atoms with Gasteiger partial charge in [-0.2, -0.15) is 4.31 Å². The second-order valence-corrected chi connectivity index (χ2v) is 10.1. The number of aryl methyl sites for hydroxylation is 1. The number of nitrogens with zero attached hydrogens (tertiary/aromatic N) is 5. The Kier molecular flexibility index (Phi) is 5.96. The monoisotopic (exact) mass is 457 g/mol. The fourth-order valence-corrected chi connectivity index (χ4v) is 5.67. The summed E-state index contributed by atoms with van der Waals surface area (Å²) in [5.74, 6) is 0.543. The van der Waals surface area contributed by atoms with Gasteiger partial charge < -0.3 is 4.90 Å². The van der Waals surface area contributed by atoms with E-state index in [0.717, 1.165) is 23.1 Å². The second kappa shape index (κ2) is 8.53. The highest BCUT2D eigenvalue weighted by Gasteiger charge is 2.38. The zero-order valence-corrected chi connectivity index (χ0v) is 19.2. The van der Waals surface area contributed by atoms with Crippen molar-refractivity contribution in [2.75, 3.05) is 25.5 Å². The third-order valence-electron chi connectivity index (χ3n) is 5.46. The molecule has 1 fully saturated rings. The molecular formula is C22H24ClN5O2S. The Labute approximate surface area is 187 Å². The fraction of sp³-hybridized carbons (Fsp3) is 0.318. The average Bonchev–Trinajstić information content (AvgIpc) is 3.25. The zero-order chi connectivity index (χ0) is 22.2. The average molecular weight is 458 g/mol. The highest BCUT2D eigenvalue weighted by atomic mass is 35.5. The molecule has 1 atom stereocenters. The SMILES string of the molecule is Cc1cnccc1-c1cnc(N(C)C)nc1C1CCCN1S(=O)(=O)c1ccc(Cl)cc1. The lowest BCUT2D eigenvalue weighted by molar-refractivity contribution is 0.391. The van der Waals surface area contributed by atoms with Crippen LogP contribution in [0.3, 0.4) is 0 Å². The Morgan fingerprint density at radius 1 is 1.10 bits per heavy atom. The van der Waals surface area contributed by atoms with Crippen molar-refractivity contribution in [1.82, 2.24) is 19.3 Å². The van der Waals surface area contributed by atoms with E-state index in [4.69, 9.17) is 16.6 Å². The van der Waals surface area contributed by atoms with Gasteiger partial charge in [-0.05, 0) is 61.2 Å². The van der Waals surface area contributed by atoms with Gasteiger partial charge in [0.2, 0.25) is 16.0 Å². The first-order valence-corrected chi connectivity index (χ1v) is 11.8. The van der Waals surface area contributed by atoms with Crippen molar-refractivity contribution in [2.45, 2.75) is 30.7 Å². The summed E-state index contributed by atoms with van der Waals surface area (Å²) in [4.78, 5) is 15.5. The molecule has 1 unspecified atom stereocenters. The summed E-state index contributed by atoms with van der Waals surface area (Å²) in [6.07, 6.45) is 6.74. The topological polar surface area (TPSA) is 79.3 Å². The van der Waals surface area contributed by atoms with E-state index in [0.29, 0.717) is 29.6 Å². The lowest BCUT2D eigenvalue weighted by atomic mass is 9.98. The normalized spacial score (nSPS) is 17.1. The van der Waals surface area contributed by atoms with E-state index in [9.17, 15) is 8.42 Å². The molecule has 4 rings (SSSR count). The second-order valence-electron chi connectivity index (χ2n) is 7.78. The third kappa shape index (κ3) is 4.15. The maximum absolute atomic E-state index is 13.5. The molecule has 1 aliphatic rings. The highest BCUT2D eigenvalue weighted by Crippen LogP contribution is 2.40. The van der Waals surface area contributed by atoms with Crippen LogP contribution in [-0.2, 0) is 10.0 Å². The Bertz CT molecular complexity index is 1200. The van der Waals surface area contributed by atoms with Gasteiger partial charge in [-0.1, -0.05) is 11.6 Å². The van der Waals surface area contributed by atoms with Crippen molar-refractivity contribution >= 4 is 27.6 Å². The fourth-order valence-electron chi connectivity index (χ4n) is 3.88. The number of hydrogen-bond acceptors (Lipinski definition) is 6. The van der Waals surface area contributed by atoms with E-state index in [2.05, 4.69) is 9.97 Å². The van der Waals surface area contributed by atoms with Crippen LogP contribution in [0.2, 0.25) is 5.02 Å². The molecule has 162 valence electrons. The van der Waals surface area contributed by atoms with Gasteiger partial charge >= 0.3 is 0 Å². The summed E-state index contributed by atoms with van der Waals surface area (Å²) in [5, 5.41) is 0.499. The van der Waals surface area contributed by atoms with Gasteiger partial charge in [0.25, 0.3) is 0 Å². The molecular weight excluding hydrogens is 434 g/mol. The van der Waals surface area contributed by atoms with Gasteiger partial charge in [0.1, 0.15) is 0 Å². The van der Waals surface area contributed by atoms with Gasteiger partial charge in [-0.3, -0.25) is 4.98 Å². The summed E-state index contributed by atoms with van der Waals surface area (Å²) in [7, 11) is 0.0302. The molecule has 3 aromatic rings. The number of anilines is 1. The number of rotatable bonds is 5. The Morgan fingerprint density at radius 3 is 2.52 bits per heavy atom. The van der Waals surface area contributed by atoms with Gasteiger partial charge in [-0.25, -0.2) is 18.4 Å². The summed E-state index contributed by atoms with van der Waals surface area (Å²) in [6, 6.07) is 7.82. The number of sulfonamides is 1. The minimum Gasteiger partial charge on any atom is -0.347 e. The molecule has 1 aromatic carbocycles. The predicted octanol–water partition coefficient (Wildman–Crippen LogP) is 4.09. The first-order chi connectivity index (χ1) is 14.8. The van der Waals surface area contributed by atoms with E-state index < -0.39 is 10.0 Å². The number of aromatic nitrogens is 3. The molecule has 0 saturated carbocycles. The molecule has 9 heteroatoms. The molecule has 7 nitrogen and oxygen atoms in total. The maximum atomic E-state index is 13.5. The van der Waals surface area contributed by atoms with Crippen molar-refractivity contribution in [3.63, 3.8) is 0 Å². The smallest absolute Gasteiger partial charge is 0.243 e. The maximum Gasteiger partial charge on any atom is 0.243 e. The highest BCUT2D eigenvalue weighted by molar-refractivity contribution is 7.89. The third-order valence-corrected chi connectivity index (χ3v) is 7.63. The molecule has 0 spiro atoms. The van der Waals surface area contributed by atoms with E-state index >= 15 is 0 Å². The van der Waals surface area contributed by atoms with Crippen molar-refractivity contribution in [1.29, 1.82) is 0 Å². The van der Waals surface area contributed by atoms with E-state index in [1.54, 1.807) is 47.2 Å². The minimum atomic E-state index is -3.71. The molecule has 1 aliphatic heterocycles. The van der Waals surface area contributed by atoms with Crippen LogP contribution >= 0.6 is 11.6 Å². The first-order valence-electron chi connectivity index (χ1n) is 10.0. The van der Waals surface area contributed by atoms with Crippen LogP contribution in [0, 0.1) is 6.92 Å². The summed E-state index contributed by atoms with van der Waals surface area (Å²) >= 11 is 5.96. The molecule has 0 radical (unpaired) electrons. The van der Waals surface area contributed by atoms with E-state index in [1.165, 1.54) is 0 Å². The molecule has 0 amide bonds. The number of halogens is 1. The van der Waals surface area contributed by atoms with E-state index in [-0.39, 0.29) is 10.9 Å². The lowest BCUT2D eigenvalue weighted by Crippen LogP contribution is -2.31. The van der Waals surface area contributed by atoms with Crippen LogP contribution in [0.1, 0.15) is 30.1 Å². The van der Waals surface area contributed by atoms with Crippen LogP contribution < -0.4 is 4.90 Å². The van der Waals surface area contributed by atoms with Crippen LogP contribution in [0.15, 0.2) is 53.8 Å². The Balaban J connectivity index is 1.84. The quantitative estimate of drug-likeness (QED) is 0.574. The van der Waals surface area contributed by atoms with E-state index in [1.807, 2.05) is 32.0 Å². The van der Waals surface area contributed by atoms with Gasteiger partial charge in [0.15, 0.2) is 0 Å². The molecule has 0 N–H and O–H groups in total. The molecule has 3 heterocycles. The molecule has 2 aromatic heterocycles. The number of pyridine rings is 1. The van der Waals surface area contributed by atoms with Crippen LogP contribution in [-0.4, -0.2) is 48.3 Å². The van der Waals surface area contributed by atoms with Crippen LogP contribution in [0.4, 0.5) is 5.95 Å². The summed E-state index contributed by atoms with van der Waals surface area (Å²) < 4.78 is 28.5. The zero-order valence-electron chi connectivity index (χ0n) is 17.7. The molecule has 31 heavy (non-hydrogen) atoms.